The SMILES string of the molecule is O=C(N/N=C1\C2CN3CCN(C2)CC1(c1ccccc1)C3)c1ccncc1. The molecule has 2 unspecified atom stereocenters. The lowest BCUT2D eigenvalue weighted by molar-refractivity contribution is 0.0951. The summed E-state index contributed by atoms with van der Waals surface area (Å²) in [6.45, 7) is 6.20. The second kappa shape index (κ2) is 6.55. The fourth-order valence-corrected chi connectivity index (χ4v) is 4.94. The average Bonchev–Trinajstić information content (AvgIpc) is 2.96. The van der Waals surface area contributed by atoms with Crippen LogP contribution in [0.4, 0.5) is 0 Å². The van der Waals surface area contributed by atoms with Gasteiger partial charge >= 0.3 is 0 Å². The van der Waals surface area contributed by atoms with Gasteiger partial charge in [0.15, 0.2) is 0 Å². The minimum atomic E-state index is -0.180. The van der Waals surface area contributed by atoms with Crippen molar-refractivity contribution in [2.24, 2.45) is 11.0 Å². The largest absolute Gasteiger partial charge is 0.300 e. The molecular formula is C21H23N5O. The number of benzene rings is 1. The molecule has 0 spiro atoms. The van der Waals surface area contributed by atoms with Crippen LogP contribution in [0.15, 0.2) is 60.0 Å². The maximum atomic E-state index is 12.5. The van der Waals surface area contributed by atoms with E-state index in [4.69, 9.17) is 5.10 Å². The average molecular weight is 361 g/mol. The zero-order valence-corrected chi connectivity index (χ0v) is 15.2. The molecule has 1 aromatic heterocycles. The summed E-state index contributed by atoms with van der Waals surface area (Å²) < 4.78 is 0. The molecule has 4 aliphatic heterocycles. The van der Waals surface area contributed by atoms with Crippen molar-refractivity contribution in [3.05, 3.63) is 66.0 Å². The van der Waals surface area contributed by atoms with E-state index in [1.807, 2.05) is 0 Å². The molecule has 4 bridgehead atoms. The van der Waals surface area contributed by atoms with Gasteiger partial charge in [0.2, 0.25) is 0 Å². The molecule has 4 fully saturated rings. The quantitative estimate of drug-likeness (QED) is 0.839. The van der Waals surface area contributed by atoms with Gasteiger partial charge in [0.25, 0.3) is 5.91 Å². The molecule has 2 atom stereocenters. The van der Waals surface area contributed by atoms with E-state index in [0.717, 1.165) is 45.0 Å². The summed E-state index contributed by atoms with van der Waals surface area (Å²) in [4.78, 5) is 21.6. The van der Waals surface area contributed by atoms with Crippen LogP contribution in [0.5, 0.6) is 0 Å². The smallest absolute Gasteiger partial charge is 0.271 e. The maximum Gasteiger partial charge on any atom is 0.271 e. The first kappa shape index (κ1) is 16.6. The van der Waals surface area contributed by atoms with E-state index in [-0.39, 0.29) is 11.3 Å². The Hall–Kier alpha value is -2.57. The number of piperidine rings is 2. The molecule has 5 heterocycles. The van der Waals surface area contributed by atoms with Gasteiger partial charge in [-0.2, -0.15) is 5.10 Å². The molecular weight excluding hydrogens is 338 g/mol. The molecule has 1 N–H and O–H groups in total. The normalized spacial score (nSPS) is 33.0. The molecule has 1 amide bonds. The van der Waals surface area contributed by atoms with Crippen LogP contribution < -0.4 is 5.43 Å². The molecule has 4 saturated heterocycles. The van der Waals surface area contributed by atoms with Crippen molar-refractivity contribution >= 4 is 11.6 Å². The van der Waals surface area contributed by atoms with E-state index in [0.29, 0.717) is 11.5 Å². The van der Waals surface area contributed by atoms with Crippen LogP contribution in [0.1, 0.15) is 15.9 Å². The number of aromatic nitrogens is 1. The van der Waals surface area contributed by atoms with E-state index in [9.17, 15) is 4.79 Å². The molecule has 0 radical (unpaired) electrons. The third kappa shape index (κ3) is 2.85. The number of nitrogens with zero attached hydrogens (tertiary/aromatic N) is 4. The van der Waals surface area contributed by atoms with E-state index in [2.05, 4.69) is 50.5 Å². The van der Waals surface area contributed by atoms with Crippen molar-refractivity contribution in [2.75, 3.05) is 39.3 Å². The molecule has 6 rings (SSSR count). The van der Waals surface area contributed by atoms with Gasteiger partial charge in [-0.15, -0.1) is 0 Å². The topological polar surface area (TPSA) is 60.8 Å². The molecule has 6 heteroatoms. The van der Waals surface area contributed by atoms with E-state index in [1.165, 1.54) is 5.56 Å². The maximum absolute atomic E-state index is 12.5. The monoisotopic (exact) mass is 361 g/mol. The highest BCUT2D eigenvalue weighted by Crippen LogP contribution is 2.40. The number of hydrogen-bond acceptors (Lipinski definition) is 5. The first-order valence-electron chi connectivity index (χ1n) is 9.53. The zero-order chi connectivity index (χ0) is 18.3. The second-order valence-electron chi connectivity index (χ2n) is 7.79. The van der Waals surface area contributed by atoms with E-state index < -0.39 is 0 Å². The number of fused-ring (bicyclic) bond motifs is 1. The van der Waals surface area contributed by atoms with Gasteiger partial charge in [0.05, 0.1) is 11.1 Å². The minimum Gasteiger partial charge on any atom is -0.300 e. The van der Waals surface area contributed by atoms with Crippen molar-refractivity contribution in [1.29, 1.82) is 0 Å². The van der Waals surface area contributed by atoms with Crippen LogP contribution in [0.2, 0.25) is 0 Å². The summed E-state index contributed by atoms with van der Waals surface area (Å²) in [5.41, 5.74) is 5.68. The number of carbonyl (C=O) groups excluding carboxylic acids is 1. The van der Waals surface area contributed by atoms with E-state index >= 15 is 0 Å². The first-order valence-corrected chi connectivity index (χ1v) is 9.53. The van der Waals surface area contributed by atoms with Gasteiger partial charge in [-0.1, -0.05) is 30.3 Å². The summed E-state index contributed by atoms with van der Waals surface area (Å²) in [6, 6.07) is 14.1. The van der Waals surface area contributed by atoms with Crippen molar-refractivity contribution in [1.82, 2.24) is 20.2 Å². The number of hydrazone groups is 1. The van der Waals surface area contributed by atoms with Gasteiger partial charge in [0.1, 0.15) is 0 Å². The minimum absolute atomic E-state index is 0.148. The van der Waals surface area contributed by atoms with Gasteiger partial charge < -0.3 is 9.80 Å². The van der Waals surface area contributed by atoms with E-state index in [1.54, 1.807) is 24.5 Å². The molecule has 0 aliphatic carbocycles. The predicted octanol–water partition coefficient (Wildman–Crippen LogP) is 1.37. The Kier molecular flexibility index (Phi) is 4.02. The third-order valence-electron chi connectivity index (χ3n) is 6.10. The molecule has 6 nitrogen and oxygen atoms in total. The summed E-state index contributed by atoms with van der Waals surface area (Å²) >= 11 is 0. The van der Waals surface area contributed by atoms with Gasteiger partial charge in [-0.25, -0.2) is 5.43 Å². The lowest BCUT2D eigenvalue weighted by Crippen LogP contribution is -2.64. The number of pyridine rings is 1. The lowest BCUT2D eigenvalue weighted by Gasteiger charge is -2.50. The Labute approximate surface area is 158 Å². The Bertz CT molecular complexity index is 851. The van der Waals surface area contributed by atoms with Crippen molar-refractivity contribution in [3.8, 4) is 0 Å². The molecule has 27 heavy (non-hydrogen) atoms. The molecule has 1 aromatic carbocycles. The van der Waals surface area contributed by atoms with Crippen LogP contribution in [0.25, 0.3) is 0 Å². The number of carbonyl (C=O) groups is 1. The predicted molar refractivity (Wildman–Crippen MR) is 104 cm³/mol. The van der Waals surface area contributed by atoms with Crippen LogP contribution in [-0.4, -0.2) is 65.7 Å². The number of hydrogen-bond donors (Lipinski definition) is 1. The van der Waals surface area contributed by atoms with Crippen molar-refractivity contribution in [3.63, 3.8) is 0 Å². The van der Waals surface area contributed by atoms with Crippen LogP contribution in [0, 0.1) is 5.92 Å². The summed E-state index contributed by atoms with van der Waals surface area (Å²) in [6.07, 6.45) is 3.25. The highest BCUT2D eigenvalue weighted by atomic mass is 16.2. The first-order chi connectivity index (χ1) is 13.2. The Morgan fingerprint density at radius 2 is 1.70 bits per heavy atom. The van der Waals surface area contributed by atoms with Crippen molar-refractivity contribution in [2.45, 2.75) is 5.41 Å². The second-order valence-corrected chi connectivity index (χ2v) is 7.79. The van der Waals surface area contributed by atoms with Crippen LogP contribution in [0.3, 0.4) is 0 Å². The zero-order valence-electron chi connectivity index (χ0n) is 15.2. The van der Waals surface area contributed by atoms with Crippen molar-refractivity contribution < 1.29 is 4.79 Å². The van der Waals surface area contributed by atoms with Gasteiger partial charge in [-0.3, -0.25) is 9.78 Å². The highest BCUT2D eigenvalue weighted by Gasteiger charge is 2.53. The number of nitrogens with one attached hydrogen (secondary N) is 1. The fraction of sp³-hybridized carbons (Fsp3) is 0.381. The van der Waals surface area contributed by atoms with Crippen LogP contribution >= 0.6 is 0 Å². The van der Waals surface area contributed by atoms with Gasteiger partial charge in [-0.05, 0) is 17.7 Å². The third-order valence-corrected chi connectivity index (χ3v) is 6.10. The standard InChI is InChI=1S/C21H23N5O/c27-20(16-6-8-22-9-7-16)24-23-19-17-12-25-10-11-26(13-17)15-21(19,14-25)18-4-2-1-3-5-18/h1-9,17H,10-15H2,(H,24,27)/b23-19+. The molecule has 4 aliphatic rings. The highest BCUT2D eigenvalue weighted by molar-refractivity contribution is 6.01. The fourth-order valence-electron chi connectivity index (χ4n) is 4.94. The molecule has 2 aromatic rings. The number of rotatable bonds is 3. The Morgan fingerprint density at radius 1 is 1.04 bits per heavy atom. The molecule has 138 valence electrons. The van der Waals surface area contributed by atoms with Gasteiger partial charge in [0, 0.05) is 63.1 Å². The number of amides is 1. The van der Waals surface area contributed by atoms with Crippen LogP contribution in [-0.2, 0) is 5.41 Å². The molecule has 0 saturated carbocycles. The summed E-state index contributed by atoms with van der Waals surface area (Å²) in [5.74, 6) is 0.174. The Morgan fingerprint density at radius 3 is 2.37 bits per heavy atom. The summed E-state index contributed by atoms with van der Waals surface area (Å²) in [7, 11) is 0. The lowest BCUT2D eigenvalue weighted by atomic mass is 9.66. The Balaban J connectivity index is 1.52. The summed E-state index contributed by atoms with van der Waals surface area (Å²) in [5, 5.41) is 4.73.